The van der Waals surface area contributed by atoms with Gasteiger partial charge in [0, 0.05) is 16.8 Å². The van der Waals surface area contributed by atoms with Gasteiger partial charge in [0.25, 0.3) is 5.91 Å². The molecule has 0 atom stereocenters. The maximum absolute atomic E-state index is 12.3. The van der Waals surface area contributed by atoms with Crippen molar-refractivity contribution in [2.45, 2.75) is 13.5 Å². The number of nitrogens with zero attached hydrogens (tertiary/aromatic N) is 2. The van der Waals surface area contributed by atoms with Crippen LogP contribution in [0.2, 0.25) is 10.0 Å². The summed E-state index contributed by atoms with van der Waals surface area (Å²) in [6.45, 7) is 2.44. The minimum Gasteiger partial charge on any atom is -0.304 e. The van der Waals surface area contributed by atoms with E-state index in [2.05, 4.69) is 10.4 Å². The number of halogens is 2. The summed E-state index contributed by atoms with van der Waals surface area (Å²) in [6, 6.07) is 14.8. The van der Waals surface area contributed by atoms with Crippen molar-refractivity contribution >= 4 is 34.9 Å². The Kier molecular flexibility index (Phi) is 4.88. The molecule has 0 fully saturated rings. The number of nitrogens with one attached hydrogen (secondary N) is 1. The first-order valence-electron chi connectivity index (χ1n) is 7.37. The molecule has 1 N–H and O–H groups in total. The quantitative estimate of drug-likeness (QED) is 0.727. The number of hydrogen-bond acceptors (Lipinski definition) is 2. The van der Waals surface area contributed by atoms with Crippen LogP contribution in [0, 0.1) is 6.92 Å². The van der Waals surface area contributed by atoms with Gasteiger partial charge in [0.1, 0.15) is 5.02 Å². The molecule has 0 spiro atoms. The van der Waals surface area contributed by atoms with E-state index in [0.717, 1.165) is 11.1 Å². The fraction of sp³-hybridized carbons (Fsp3) is 0.111. The van der Waals surface area contributed by atoms with Gasteiger partial charge in [-0.15, -0.1) is 0 Å². The van der Waals surface area contributed by atoms with Gasteiger partial charge in [0.15, 0.2) is 5.82 Å². The van der Waals surface area contributed by atoms with Gasteiger partial charge in [-0.05, 0) is 30.7 Å². The number of carbonyl (C=O) groups excluding carboxylic acids is 1. The van der Waals surface area contributed by atoms with Gasteiger partial charge in [-0.25, -0.2) is 0 Å². The third-order valence-electron chi connectivity index (χ3n) is 3.55. The minimum atomic E-state index is -0.250. The van der Waals surface area contributed by atoms with Crippen molar-refractivity contribution in [3.8, 4) is 0 Å². The van der Waals surface area contributed by atoms with Gasteiger partial charge >= 0.3 is 0 Å². The van der Waals surface area contributed by atoms with Crippen LogP contribution >= 0.6 is 23.2 Å². The highest BCUT2D eigenvalue weighted by Gasteiger charge is 2.13. The predicted octanol–water partition coefficient (Wildman–Crippen LogP) is 4.80. The summed E-state index contributed by atoms with van der Waals surface area (Å²) >= 11 is 12.3. The number of rotatable bonds is 4. The maximum Gasteiger partial charge on any atom is 0.256 e. The van der Waals surface area contributed by atoms with Crippen LogP contribution in [0.1, 0.15) is 21.5 Å². The standard InChI is InChI=1S/C18H15Cl2N3O/c1-12-6-8-13(9-7-12)18(24)21-17-16(20)11-23(22-17)10-14-4-2-3-5-15(14)19/h2-9,11H,10H2,1H3,(H,21,22,24). The summed E-state index contributed by atoms with van der Waals surface area (Å²) in [5.41, 5.74) is 2.57. The fourth-order valence-electron chi connectivity index (χ4n) is 2.25. The lowest BCUT2D eigenvalue weighted by Gasteiger charge is -2.05. The van der Waals surface area contributed by atoms with Crippen LogP contribution in [-0.4, -0.2) is 15.7 Å². The van der Waals surface area contributed by atoms with Gasteiger partial charge in [-0.3, -0.25) is 9.48 Å². The lowest BCUT2D eigenvalue weighted by atomic mass is 10.1. The monoisotopic (exact) mass is 359 g/mol. The summed E-state index contributed by atoms with van der Waals surface area (Å²) < 4.78 is 1.65. The fourth-order valence-corrected chi connectivity index (χ4v) is 2.64. The molecule has 3 aromatic rings. The van der Waals surface area contributed by atoms with E-state index in [1.807, 2.05) is 43.3 Å². The number of hydrogen-bond donors (Lipinski definition) is 1. The molecule has 0 aliphatic rings. The molecule has 0 saturated carbocycles. The smallest absolute Gasteiger partial charge is 0.256 e. The highest BCUT2D eigenvalue weighted by Crippen LogP contribution is 2.22. The van der Waals surface area contributed by atoms with Gasteiger partial charge in [-0.2, -0.15) is 5.10 Å². The topological polar surface area (TPSA) is 46.9 Å². The number of amides is 1. The Morgan fingerprint density at radius 2 is 1.79 bits per heavy atom. The Morgan fingerprint density at radius 3 is 2.50 bits per heavy atom. The van der Waals surface area contributed by atoms with Crippen LogP contribution in [0.15, 0.2) is 54.7 Å². The lowest BCUT2D eigenvalue weighted by Crippen LogP contribution is -2.13. The largest absolute Gasteiger partial charge is 0.304 e. The molecular weight excluding hydrogens is 345 g/mol. The molecule has 122 valence electrons. The second kappa shape index (κ2) is 7.07. The van der Waals surface area contributed by atoms with Gasteiger partial charge < -0.3 is 5.32 Å². The molecule has 0 unspecified atom stereocenters. The molecule has 0 saturated heterocycles. The Labute approximate surface area is 150 Å². The van der Waals surface area contributed by atoms with Crippen molar-refractivity contribution in [3.05, 3.63) is 81.5 Å². The molecule has 0 aliphatic carbocycles. The van der Waals surface area contributed by atoms with E-state index in [-0.39, 0.29) is 5.91 Å². The summed E-state index contributed by atoms with van der Waals surface area (Å²) in [5, 5.41) is 8.09. The van der Waals surface area contributed by atoms with Gasteiger partial charge in [0.05, 0.1) is 6.54 Å². The van der Waals surface area contributed by atoms with E-state index >= 15 is 0 Å². The van der Waals surface area contributed by atoms with Gasteiger partial charge in [-0.1, -0.05) is 59.1 Å². The predicted molar refractivity (Wildman–Crippen MR) is 96.9 cm³/mol. The zero-order valence-electron chi connectivity index (χ0n) is 13.0. The first-order valence-corrected chi connectivity index (χ1v) is 8.13. The van der Waals surface area contributed by atoms with Crippen LogP contribution in [0.4, 0.5) is 5.82 Å². The molecule has 2 aromatic carbocycles. The number of carbonyl (C=O) groups is 1. The van der Waals surface area contributed by atoms with Crippen molar-refractivity contribution < 1.29 is 4.79 Å². The zero-order valence-corrected chi connectivity index (χ0v) is 14.5. The van der Waals surface area contributed by atoms with Crippen molar-refractivity contribution in [1.82, 2.24) is 9.78 Å². The van der Waals surface area contributed by atoms with Crippen LogP contribution in [0.3, 0.4) is 0 Å². The Hall–Kier alpha value is -2.30. The molecule has 1 amide bonds. The average Bonchev–Trinajstić information content (AvgIpc) is 2.90. The second-order valence-corrected chi connectivity index (χ2v) is 6.25. The Balaban J connectivity index is 1.75. The zero-order chi connectivity index (χ0) is 17.1. The number of anilines is 1. The van der Waals surface area contributed by atoms with E-state index in [1.54, 1.807) is 23.0 Å². The summed E-state index contributed by atoms with van der Waals surface area (Å²) in [6.07, 6.45) is 1.66. The first kappa shape index (κ1) is 16.6. The Morgan fingerprint density at radius 1 is 1.08 bits per heavy atom. The third kappa shape index (κ3) is 3.78. The minimum absolute atomic E-state index is 0.250. The first-order chi connectivity index (χ1) is 11.5. The van der Waals surface area contributed by atoms with Crippen LogP contribution < -0.4 is 5.32 Å². The second-order valence-electron chi connectivity index (χ2n) is 5.43. The lowest BCUT2D eigenvalue weighted by molar-refractivity contribution is 0.102. The van der Waals surface area contributed by atoms with E-state index in [0.29, 0.717) is 28.0 Å². The normalized spacial score (nSPS) is 10.6. The number of aryl methyl sites for hydroxylation is 1. The van der Waals surface area contributed by atoms with E-state index in [1.165, 1.54) is 0 Å². The van der Waals surface area contributed by atoms with Crippen LogP contribution in [0.25, 0.3) is 0 Å². The highest BCUT2D eigenvalue weighted by molar-refractivity contribution is 6.33. The third-order valence-corrected chi connectivity index (χ3v) is 4.20. The molecule has 0 radical (unpaired) electrons. The summed E-state index contributed by atoms with van der Waals surface area (Å²) in [4.78, 5) is 12.3. The van der Waals surface area contributed by atoms with Crippen LogP contribution in [0.5, 0.6) is 0 Å². The van der Waals surface area contributed by atoms with Crippen molar-refractivity contribution in [3.63, 3.8) is 0 Å². The van der Waals surface area contributed by atoms with E-state index < -0.39 is 0 Å². The summed E-state index contributed by atoms with van der Waals surface area (Å²) in [7, 11) is 0. The molecule has 1 aromatic heterocycles. The van der Waals surface area contributed by atoms with Crippen molar-refractivity contribution in [2.75, 3.05) is 5.32 Å². The van der Waals surface area contributed by atoms with Crippen LogP contribution in [-0.2, 0) is 6.54 Å². The average molecular weight is 360 g/mol. The number of aromatic nitrogens is 2. The SMILES string of the molecule is Cc1ccc(C(=O)Nc2nn(Cc3ccccc3Cl)cc2Cl)cc1. The molecule has 0 aliphatic heterocycles. The van der Waals surface area contributed by atoms with Crippen molar-refractivity contribution in [2.24, 2.45) is 0 Å². The molecule has 4 nitrogen and oxygen atoms in total. The molecule has 1 heterocycles. The van der Waals surface area contributed by atoms with Gasteiger partial charge in [0.2, 0.25) is 0 Å². The van der Waals surface area contributed by atoms with E-state index in [4.69, 9.17) is 23.2 Å². The Bertz CT molecular complexity index is 872. The van der Waals surface area contributed by atoms with E-state index in [9.17, 15) is 4.79 Å². The highest BCUT2D eigenvalue weighted by atomic mass is 35.5. The molecule has 3 rings (SSSR count). The molecule has 0 bridgehead atoms. The molecule has 6 heteroatoms. The molecular formula is C18H15Cl2N3O. The number of benzene rings is 2. The molecule has 24 heavy (non-hydrogen) atoms. The summed E-state index contributed by atoms with van der Waals surface area (Å²) in [5.74, 6) is 0.0780. The maximum atomic E-state index is 12.3. The van der Waals surface area contributed by atoms with Crippen molar-refractivity contribution in [1.29, 1.82) is 0 Å².